The Labute approximate surface area is 107 Å². The van der Waals surface area contributed by atoms with Gasteiger partial charge in [-0.15, -0.1) is 0 Å². The van der Waals surface area contributed by atoms with Crippen LogP contribution in [-0.4, -0.2) is 45.2 Å². The van der Waals surface area contributed by atoms with Crippen molar-refractivity contribution in [1.29, 1.82) is 0 Å². The van der Waals surface area contributed by atoms with Crippen LogP contribution in [0.4, 0.5) is 0 Å². The Hall–Kier alpha value is -0.960. The molecule has 7 nitrogen and oxygen atoms in total. The van der Waals surface area contributed by atoms with Gasteiger partial charge in [-0.1, -0.05) is 0 Å². The second kappa shape index (κ2) is 5.79. The van der Waals surface area contributed by atoms with Gasteiger partial charge in [0.05, 0.1) is 17.4 Å². The SMILES string of the molecule is COC(OC)C(C)NS(=O)(=O)c1c(C)n[nH]c1C. The van der Waals surface area contributed by atoms with Crippen molar-refractivity contribution >= 4 is 10.0 Å². The summed E-state index contributed by atoms with van der Waals surface area (Å²) in [5.41, 5.74) is 0.928. The number of aromatic amines is 1. The smallest absolute Gasteiger partial charge is 0.244 e. The van der Waals surface area contributed by atoms with E-state index >= 15 is 0 Å². The Morgan fingerprint density at radius 3 is 2.22 bits per heavy atom. The first kappa shape index (κ1) is 15.1. The lowest BCUT2D eigenvalue weighted by molar-refractivity contribution is -0.115. The maximum Gasteiger partial charge on any atom is 0.244 e. The van der Waals surface area contributed by atoms with Crippen LogP contribution in [0.1, 0.15) is 18.3 Å². The molecular formula is C10H19N3O4S. The highest BCUT2D eigenvalue weighted by molar-refractivity contribution is 7.89. The molecule has 0 aliphatic rings. The van der Waals surface area contributed by atoms with Crippen LogP contribution in [0.3, 0.4) is 0 Å². The highest BCUT2D eigenvalue weighted by Crippen LogP contribution is 2.17. The van der Waals surface area contributed by atoms with E-state index < -0.39 is 22.4 Å². The van der Waals surface area contributed by atoms with Crippen LogP contribution < -0.4 is 4.72 Å². The molecule has 18 heavy (non-hydrogen) atoms. The van der Waals surface area contributed by atoms with Gasteiger partial charge in [-0.2, -0.15) is 5.10 Å². The molecule has 1 rings (SSSR count). The number of H-pyrrole nitrogens is 1. The summed E-state index contributed by atoms with van der Waals surface area (Å²) < 4.78 is 36.9. The summed E-state index contributed by atoms with van der Waals surface area (Å²) in [7, 11) is -0.743. The molecule has 0 aliphatic carbocycles. The zero-order valence-corrected chi connectivity index (χ0v) is 12.0. The van der Waals surface area contributed by atoms with Gasteiger partial charge in [0.15, 0.2) is 6.29 Å². The number of hydrogen-bond acceptors (Lipinski definition) is 5. The zero-order valence-electron chi connectivity index (χ0n) is 11.1. The summed E-state index contributed by atoms with van der Waals surface area (Å²) in [6.07, 6.45) is -0.646. The molecule has 0 amide bonds. The maximum atomic E-state index is 12.2. The van der Waals surface area contributed by atoms with Gasteiger partial charge in [0.1, 0.15) is 4.90 Å². The van der Waals surface area contributed by atoms with Gasteiger partial charge in [0, 0.05) is 14.2 Å². The third-order valence-electron chi connectivity index (χ3n) is 2.54. The van der Waals surface area contributed by atoms with Crippen LogP contribution >= 0.6 is 0 Å². The predicted octanol–water partition coefficient (Wildman–Crippen LogP) is 0.312. The monoisotopic (exact) mass is 277 g/mol. The molecule has 0 aliphatic heterocycles. The Morgan fingerprint density at radius 2 is 1.83 bits per heavy atom. The molecule has 1 heterocycles. The minimum absolute atomic E-state index is 0.167. The standard InChI is InChI=1S/C10H19N3O4S/c1-6-9(7(2)12-11-6)18(14,15)13-8(3)10(16-4)17-5/h8,10,13H,1-5H3,(H,11,12). The van der Waals surface area contributed by atoms with E-state index in [2.05, 4.69) is 14.9 Å². The molecule has 1 aromatic heterocycles. The number of methoxy groups -OCH3 is 2. The second-order valence-electron chi connectivity index (χ2n) is 4.01. The van der Waals surface area contributed by atoms with Crippen LogP contribution in [0.5, 0.6) is 0 Å². The summed E-state index contributed by atoms with van der Waals surface area (Å²) in [4.78, 5) is 0.167. The fourth-order valence-corrected chi connectivity index (χ4v) is 3.40. The molecule has 1 unspecified atom stereocenters. The lowest BCUT2D eigenvalue weighted by Gasteiger charge is -2.22. The Balaban J connectivity index is 2.96. The van der Waals surface area contributed by atoms with Crippen LogP contribution in [0.25, 0.3) is 0 Å². The van der Waals surface area contributed by atoms with Crippen molar-refractivity contribution in [3.05, 3.63) is 11.4 Å². The summed E-state index contributed by atoms with van der Waals surface area (Å²) >= 11 is 0. The molecule has 0 spiro atoms. The number of ether oxygens (including phenoxy) is 2. The fraction of sp³-hybridized carbons (Fsp3) is 0.700. The van der Waals surface area contributed by atoms with Gasteiger partial charge < -0.3 is 9.47 Å². The van der Waals surface area contributed by atoms with Gasteiger partial charge in [-0.3, -0.25) is 5.10 Å². The minimum atomic E-state index is -3.65. The normalized spacial score (nSPS) is 14.1. The fourth-order valence-electron chi connectivity index (χ4n) is 1.80. The predicted molar refractivity (Wildman–Crippen MR) is 65.7 cm³/mol. The molecule has 0 aromatic carbocycles. The highest BCUT2D eigenvalue weighted by Gasteiger charge is 2.27. The number of hydrogen-bond donors (Lipinski definition) is 2. The molecule has 1 aromatic rings. The quantitative estimate of drug-likeness (QED) is 0.730. The first-order valence-corrected chi connectivity index (χ1v) is 6.91. The average molecular weight is 277 g/mol. The van der Waals surface area contributed by atoms with E-state index in [1.165, 1.54) is 14.2 Å². The van der Waals surface area contributed by atoms with E-state index in [1.807, 2.05) is 0 Å². The van der Waals surface area contributed by atoms with Crippen molar-refractivity contribution in [3.63, 3.8) is 0 Å². The molecule has 0 fully saturated rings. The Kier molecular flexibility index (Phi) is 4.85. The van der Waals surface area contributed by atoms with Crippen molar-refractivity contribution < 1.29 is 17.9 Å². The lowest BCUT2D eigenvalue weighted by Crippen LogP contribution is -2.43. The maximum absolute atomic E-state index is 12.2. The first-order chi connectivity index (χ1) is 8.33. The molecule has 2 N–H and O–H groups in total. The Bertz CT molecular complexity index is 474. The summed E-state index contributed by atoms with van der Waals surface area (Å²) in [5.74, 6) is 0. The minimum Gasteiger partial charge on any atom is -0.354 e. The average Bonchev–Trinajstić information content (AvgIpc) is 2.59. The van der Waals surface area contributed by atoms with Gasteiger partial charge in [0.25, 0.3) is 0 Å². The molecule has 0 radical (unpaired) electrons. The van der Waals surface area contributed by atoms with Gasteiger partial charge in [-0.05, 0) is 20.8 Å². The summed E-state index contributed by atoms with van der Waals surface area (Å²) in [5, 5.41) is 6.51. The van der Waals surface area contributed by atoms with Crippen molar-refractivity contribution in [2.45, 2.75) is 38.0 Å². The number of aromatic nitrogens is 2. The number of sulfonamides is 1. The van der Waals surface area contributed by atoms with Crippen LogP contribution in [0.2, 0.25) is 0 Å². The summed E-state index contributed by atoms with van der Waals surface area (Å²) in [6, 6.07) is -0.515. The number of rotatable bonds is 6. The van der Waals surface area contributed by atoms with Gasteiger partial charge in [-0.25, -0.2) is 13.1 Å². The van der Waals surface area contributed by atoms with Crippen LogP contribution in [-0.2, 0) is 19.5 Å². The van der Waals surface area contributed by atoms with Crippen molar-refractivity contribution in [2.24, 2.45) is 0 Å². The van der Waals surface area contributed by atoms with Crippen molar-refractivity contribution in [2.75, 3.05) is 14.2 Å². The van der Waals surface area contributed by atoms with E-state index in [4.69, 9.17) is 9.47 Å². The van der Waals surface area contributed by atoms with Crippen molar-refractivity contribution in [3.8, 4) is 0 Å². The van der Waals surface area contributed by atoms with E-state index in [9.17, 15) is 8.42 Å². The number of aryl methyl sites for hydroxylation is 2. The summed E-state index contributed by atoms with van der Waals surface area (Å²) in [6.45, 7) is 4.95. The van der Waals surface area contributed by atoms with Gasteiger partial charge in [0.2, 0.25) is 10.0 Å². The molecule has 104 valence electrons. The van der Waals surface area contributed by atoms with E-state index in [1.54, 1.807) is 20.8 Å². The molecular weight excluding hydrogens is 258 g/mol. The number of nitrogens with zero attached hydrogens (tertiary/aromatic N) is 1. The molecule has 0 bridgehead atoms. The molecule has 1 atom stereocenters. The van der Waals surface area contributed by atoms with Gasteiger partial charge >= 0.3 is 0 Å². The van der Waals surface area contributed by atoms with Crippen LogP contribution in [0, 0.1) is 13.8 Å². The highest BCUT2D eigenvalue weighted by atomic mass is 32.2. The second-order valence-corrected chi connectivity index (χ2v) is 5.66. The van der Waals surface area contributed by atoms with E-state index in [0.717, 1.165) is 0 Å². The largest absolute Gasteiger partial charge is 0.354 e. The van der Waals surface area contributed by atoms with Crippen molar-refractivity contribution in [1.82, 2.24) is 14.9 Å². The lowest BCUT2D eigenvalue weighted by atomic mass is 10.3. The molecule has 8 heteroatoms. The first-order valence-electron chi connectivity index (χ1n) is 5.43. The van der Waals surface area contributed by atoms with E-state index in [-0.39, 0.29) is 4.90 Å². The topological polar surface area (TPSA) is 93.3 Å². The third kappa shape index (κ3) is 3.08. The molecule has 0 saturated carbocycles. The molecule has 0 saturated heterocycles. The zero-order chi connectivity index (χ0) is 13.9. The third-order valence-corrected chi connectivity index (χ3v) is 4.36. The Morgan fingerprint density at radius 1 is 1.28 bits per heavy atom. The van der Waals surface area contributed by atoms with Crippen LogP contribution in [0.15, 0.2) is 4.90 Å². The number of nitrogens with one attached hydrogen (secondary N) is 2. The van der Waals surface area contributed by atoms with E-state index in [0.29, 0.717) is 11.4 Å².